The maximum absolute atomic E-state index is 5.10. The number of rotatable bonds is 3. The van der Waals surface area contributed by atoms with Crippen molar-refractivity contribution in [2.45, 2.75) is 32.8 Å². The van der Waals surface area contributed by atoms with Crippen LogP contribution in [0.1, 0.15) is 32.2 Å². The van der Waals surface area contributed by atoms with E-state index in [0.29, 0.717) is 6.61 Å². The fourth-order valence-corrected chi connectivity index (χ4v) is 2.97. The highest BCUT2D eigenvalue weighted by molar-refractivity contribution is 7.19. The molecular weight excluding hydrogens is 284 g/mol. The van der Waals surface area contributed by atoms with Crippen LogP contribution in [0.4, 0.5) is 0 Å². The van der Waals surface area contributed by atoms with Crippen molar-refractivity contribution in [2.24, 2.45) is 0 Å². The van der Waals surface area contributed by atoms with Crippen LogP contribution in [0.5, 0.6) is 0 Å². The quantitative estimate of drug-likeness (QED) is 0.745. The second-order valence-corrected chi connectivity index (χ2v) is 6.93. The van der Waals surface area contributed by atoms with E-state index in [1.165, 1.54) is 16.9 Å². The summed E-state index contributed by atoms with van der Waals surface area (Å²) in [5, 5.41) is 13.7. The SMILES string of the molecule is COCc1nnc2sc(-c3ccc(C(C)(C)C)cc3)nn12. The number of benzene rings is 1. The first kappa shape index (κ1) is 14.2. The Hall–Kier alpha value is -1.79. The molecule has 0 aliphatic rings. The summed E-state index contributed by atoms with van der Waals surface area (Å²) in [7, 11) is 1.64. The van der Waals surface area contributed by atoms with Gasteiger partial charge in [0.15, 0.2) is 5.82 Å². The van der Waals surface area contributed by atoms with E-state index in [2.05, 4.69) is 60.3 Å². The maximum atomic E-state index is 5.10. The molecule has 1 aromatic carbocycles. The third-order valence-electron chi connectivity index (χ3n) is 3.33. The molecule has 0 atom stereocenters. The minimum absolute atomic E-state index is 0.158. The Morgan fingerprint density at radius 2 is 1.86 bits per heavy atom. The standard InChI is InChI=1S/C15H18N4OS/c1-15(2,3)11-7-5-10(6-8-11)13-18-19-12(9-20-4)16-17-14(19)21-13/h5-8H,9H2,1-4H3. The van der Waals surface area contributed by atoms with Gasteiger partial charge in [0.2, 0.25) is 4.96 Å². The average Bonchev–Trinajstić information content (AvgIpc) is 3.00. The predicted octanol–water partition coefficient (Wildman–Crippen LogP) is 3.30. The van der Waals surface area contributed by atoms with Gasteiger partial charge in [-0.25, -0.2) is 0 Å². The molecule has 5 nitrogen and oxygen atoms in total. The van der Waals surface area contributed by atoms with Crippen LogP contribution in [0.2, 0.25) is 0 Å². The molecule has 3 rings (SSSR count). The first-order valence-corrected chi connectivity index (χ1v) is 7.61. The summed E-state index contributed by atoms with van der Waals surface area (Å²) >= 11 is 1.53. The minimum Gasteiger partial charge on any atom is -0.377 e. The molecule has 0 bridgehead atoms. The van der Waals surface area contributed by atoms with Crippen molar-refractivity contribution in [1.82, 2.24) is 19.8 Å². The smallest absolute Gasteiger partial charge is 0.235 e. The highest BCUT2D eigenvalue weighted by Gasteiger charge is 2.15. The first-order valence-electron chi connectivity index (χ1n) is 6.80. The summed E-state index contributed by atoms with van der Waals surface area (Å²) < 4.78 is 6.85. The monoisotopic (exact) mass is 302 g/mol. The molecule has 3 aromatic rings. The van der Waals surface area contributed by atoms with Crippen molar-refractivity contribution >= 4 is 16.3 Å². The Morgan fingerprint density at radius 3 is 2.48 bits per heavy atom. The lowest BCUT2D eigenvalue weighted by atomic mass is 9.87. The Morgan fingerprint density at radius 1 is 1.14 bits per heavy atom. The molecule has 0 saturated heterocycles. The summed E-state index contributed by atoms with van der Waals surface area (Å²) in [4.78, 5) is 0.789. The van der Waals surface area contributed by atoms with Crippen molar-refractivity contribution in [1.29, 1.82) is 0 Å². The van der Waals surface area contributed by atoms with Crippen LogP contribution >= 0.6 is 11.3 Å². The number of hydrogen-bond acceptors (Lipinski definition) is 5. The molecule has 0 amide bonds. The lowest BCUT2D eigenvalue weighted by Gasteiger charge is -2.18. The first-order chi connectivity index (χ1) is 9.99. The summed E-state index contributed by atoms with van der Waals surface area (Å²) in [6, 6.07) is 8.55. The van der Waals surface area contributed by atoms with Crippen LogP contribution in [0.25, 0.3) is 15.5 Å². The van der Waals surface area contributed by atoms with Gasteiger partial charge in [0.25, 0.3) is 0 Å². The Kier molecular flexibility index (Phi) is 3.51. The van der Waals surface area contributed by atoms with Gasteiger partial charge >= 0.3 is 0 Å². The summed E-state index contributed by atoms with van der Waals surface area (Å²) in [5.74, 6) is 0.723. The topological polar surface area (TPSA) is 52.3 Å². The van der Waals surface area contributed by atoms with Crippen molar-refractivity contribution < 1.29 is 4.74 Å². The van der Waals surface area contributed by atoms with Crippen LogP contribution in [-0.4, -0.2) is 26.9 Å². The second-order valence-electron chi connectivity index (χ2n) is 5.98. The van der Waals surface area contributed by atoms with E-state index in [4.69, 9.17) is 4.74 Å². The molecule has 21 heavy (non-hydrogen) atoms. The average molecular weight is 302 g/mol. The molecule has 0 unspecified atom stereocenters. The second kappa shape index (κ2) is 5.20. The summed E-state index contributed by atoms with van der Waals surface area (Å²) in [5.41, 5.74) is 2.57. The van der Waals surface area contributed by atoms with Crippen LogP contribution in [0.3, 0.4) is 0 Å². The van der Waals surface area contributed by atoms with Crippen molar-refractivity contribution in [3.8, 4) is 10.6 Å². The van der Waals surface area contributed by atoms with Gasteiger partial charge in [-0.2, -0.15) is 9.61 Å². The molecule has 0 aliphatic heterocycles. The van der Waals surface area contributed by atoms with Crippen molar-refractivity contribution in [2.75, 3.05) is 7.11 Å². The van der Waals surface area contributed by atoms with Gasteiger partial charge in [-0.05, 0) is 11.0 Å². The number of fused-ring (bicyclic) bond motifs is 1. The Bertz CT molecular complexity index is 752. The van der Waals surface area contributed by atoms with E-state index in [9.17, 15) is 0 Å². The zero-order chi connectivity index (χ0) is 15.0. The number of nitrogens with zero attached hydrogens (tertiary/aromatic N) is 4. The summed E-state index contributed by atoms with van der Waals surface area (Å²) in [6.07, 6.45) is 0. The molecule has 0 aliphatic carbocycles. The molecule has 6 heteroatoms. The largest absolute Gasteiger partial charge is 0.377 e. The molecule has 0 radical (unpaired) electrons. The molecule has 0 spiro atoms. The Labute approximate surface area is 127 Å². The predicted molar refractivity (Wildman–Crippen MR) is 83.5 cm³/mol. The normalized spacial score (nSPS) is 12.2. The van der Waals surface area contributed by atoms with Crippen LogP contribution in [-0.2, 0) is 16.8 Å². The van der Waals surface area contributed by atoms with Crippen LogP contribution < -0.4 is 0 Å². The van der Waals surface area contributed by atoms with E-state index >= 15 is 0 Å². The fourth-order valence-electron chi connectivity index (χ4n) is 2.11. The number of methoxy groups -OCH3 is 1. The van der Waals surface area contributed by atoms with Gasteiger partial charge < -0.3 is 4.74 Å². The van der Waals surface area contributed by atoms with Crippen molar-refractivity contribution in [3.63, 3.8) is 0 Å². The number of ether oxygens (including phenoxy) is 1. The molecule has 0 saturated carbocycles. The minimum atomic E-state index is 0.158. The Balaban J connectivity index is 1.96. The van der Waals surface area contributed by atoms with E-state index < -0.39 is 0 Å². The van der Waals surface area contributed by atoms with Gasteiger partial charge in [-0.15, -0.1) is 10.2 Å². The molecule has 2 aromatic heterocycles. The fraction of sp³-hybridized carbons (Fsp3) is 0.400. The third-order valence-corrected chi connectivity index (χ3v) is 4.27. The van der Waals surface area contributed by atoms with E-state index in [1.54, 1.807) is 11.6 Å². The van der Waals surface area contributed by atoms with Crippen LogP contribution in [0, 0.1) is 0 Å². The molecule has 110 valence electrons. The highest BCUT2D eigenvalue weighted by Crippen LogP contribution is 2.28. The highest BCUT2D eigenvalue weighted by atomic mass is 32.1. The molecule has 0 fully saturated rings. The molecule has 2 heterocycles. The third kappa shape index (κ3) is 2.69. The van der Waals surface area contributed by atoms with Gasteiger partial charge in [0, 0.05) is 12.7 Å². The van der Waals surface area contributed by atoms with E-state index in [1.807, 2.05) is 0 Å². The van der Waals surface area contributed by atoms with E-state index in [0.717, 1.165) is 21.4 Å². The molecule has 0 N–H and O–H groups in total. The summed E-state index contributed by atoms with van der Waals surface area (Å²) in [6.45, 7) is 7.04. The maximum Gasteiger partial charge on any atom is 0.235 e. The van der Waals surface area contributed by atoms with Crippen LogP contribution in [0.15, 0.2) is 24.3 Å². The number of hydrogen-bond donors (Lipinski definition) is 0. The lowest BCUT2D eigenvalue weighted by molar-refractivity contribution is 0.176. The zero-order valence-electron chi connectivity index (χ0n) is 12.6. The molecular formula is C15H18N4OS. The van der Waals surface area contributed by atoms with Gasteiger partial charge in [0.05, 0.1) is 0 Å². The van der Waals surface area contributed by atoms with E-state index in [-0.39, 0.29) is 5.41 Å². The van der Waals surface area contributed by atoms with Gasteiger partial charge in [-0.1, -0.05) is 56.4 Å². The zero-order valence-corrected chi connectivity index (χ0v) is 13.4. The lowest BCUT2D eigenvalue weighted by Crippen LogP contribution is -2.10. The number of aromatic nitrogens is 4. The van der Waals surface area contributed by atoms with Gasteiger partial charge in [0.1, 0.15) is 11.6 Å². The van der Waals surface area contributed by atoms with Gasteiger partial charge in [-0.3, -0.25) is 0 Å². The van der Waals surface area contributed by atoms with Crippen molar-refractivity contribution in [3.05, 3.63) is 35.7 Å².